The molecule has 3 aromatic rings. The summed E-state index contributed by atoms with van der Waals surface area (Å²) in [6, 6.07) is 5.85. The van der Waals surface area contributed by atoms with E-state index >= 15 is 0 Å². The Balaban J connectivity index is 1.84. The van der Waals surface area contributed by atoms with Crippen LogP contribution in [0, 0.1) is 13.8 Å². The third-order valence-electron chi connectivity index (χ3n) is 4.56. The molecule has 0 radical (unpaired) electrons. The van der Waals surface area contributed by atoms with E-state index in [0.29, 0.717) is 28.0 Å². The fourth-order valence-electron chi connectivity index (χ4n) is 2.93. The molecule has 152 valence electrons. The number of carboxylic acids is 1. The first-order valence-corrected chi connectivity index (χ1v) is 9.50. The van der Waals surface area contributed by atoms with Gasteiger partial charge >= 0.3 is 5.97 Å². The van der Waals surface area contributed by atoms with Crippen LogP contribution in [0.3, 0.4) is 0 Å². The largest absolute Gasteiger partial charge is 0.480 e. The number of benzene rings is 1. The van der Waals surface area contributed by atoms with Crippen LogP contribution >= 0.6 is 23.2 Å². The highest BCUT2D eigenvalue weighted by atomic mass is 35.5. The Morgan fingerprint density at radius 2 is 1.93 bits per heavy atom. The zero-order valence-corrected chi connectivity index (χ0v) is 17.5. The quantitative estimate of drug-likeness (QED) is 0.609. The number of aromatic nitrogens is 4. The molecule has 2 heterocycles. The molecule has 1 aromatic carbocycles. The average molecular weight is 436 g/mol. The third-order valence-corrected chi connectivity index (χ3v) is 5.30. The summed E-state index contributed by atoms with van der Waals surface area (Å²) in [5.74, 6) is -1.54. The number of nitrogens with one attached hydrogen (secondary N) is 1. The second-order valence-corrected chi connectivity index (χ2v) is 7.40. The molecule has 0 bridgehead atoms. The van der Waals surface area contributed by atoms with Gasteiger partial charge in [-0.05, 0) is 44.5 Å². The van der Waals surface area contributed by atoms with Gasteiger partial charge in [0.05, 0.1) is 33.7 Å². The summed E-state index contributed by atoms with van der Waals surface area (Å²) < 4.78 is 2.92. The molecule has 1 unspecified atom stereocenters. The molecule has 0 spiro atoms. The van der Waals surface area contributed by atoms with E-state index in [4.69, 9.17) is 23.2 Å². The molecule has 0 fully saturated rings. The maximum Gasteiger partial charge on any atom is 0.328 e. The van der Waals surface area contributed by atoms with Crippen molar-refractivity contribution in [1.82, 2.24) is 19.6 Å². The first-order chi connectivity index (χ1) is 13.7. The summed E-state index contributed by atoms with van der Waals surface area (Å²) in [5, 5.41) is 21.4. The van der Waals surface area contributed by atoms with E-state index < -0.39 is 17.9 Å². The molecule has 10 heteroatoms. The van der Waals surface area contributed by atoms with Gasteiger partial charge in [-0.2, -0.15) is 10.2 Å². The number of nitrogens with zero attached hydrogens (tertiary/aromatic N) is 4. The SMILES string of the molecule is Cc1nn(Cc2ccc(Cl)c(Cl)c2)c(C)c1NC(=O)c1ccnn1C(C)C(=O)O. The van der Waals surface area contributed by atoms with Crippen LogP contribution in [0.2, 0.25) is 10.0 Å². The molecule has 2 N–H and O–H groups in total. The van der Waals surface area contributed by atoms with Crippen molar-refractivity contribution >= 4 is 40.8 Å². The lowest BCUT2D eigenvalue weighted by atomic mass is 10.2. The highest BCUT2D eigenvalue weighted by molar-refractivity contribution is 6.42. The summed E-state index contributed by atoms with van der Waals surface area (Å²) in [6.45, 7) is 5.53. The van der Waals surface area contributed by atoms with Crippen LogP contribution < -0.4 is 5.32 Å². The Kier molecular flexibility index (Phi) is 5.95. The Morgan fingerprint density at radius 1 is 1.21 bits per heavy atom. The lowest BCUT2D eigenvalue weighted by Crippen LogP contribution is -2.24. The van der Waals surface area contributed by atoms with Crippen LogP contribution in [-0.4, -0.2) is 36.5 Å². The molecule has 3 rings (SSSR count). The minimum absolute atomic E-state index is 0.149. The summed E-state index contributed by atoms with van der Waals surface area (Å²) in [4.78, 5) is 24.0. The van der Waals surface area contributed by atoms with Crippen molar-refractivity contribution in [2.45, 2.75) is 33.4 Å². The number of hydrogen-bond acceptors (Lipinski definition) is 4. The van der Waals surface area contributed by atoms with E-state index in [1.807, 2.05) is 13.0 Å². The summed E-state index contributed by atoms with van der Waals surface area (Å²) in [7, 11) is 0. The van der Waals surface area contributed by atoms with Crippen molar-refractivity contribution in [3.05, 3.63) is 63.2 Å². The smallest absolute Gasteiger partial charge is 0.328 e. The first kappa shape index (κ1) is 20.9. The molecule has 0 aliphatic carbocycles. The van der Waals surface area contributed by atoms with Gasteiger partial charge in [-0.15, -0.1) is 0 Å². The topological polar surface area (TPSA) is 102 Å². The lowest BCUT2D eigenvalue weighted by molar-refractivity contribution is -0.140. The van der Waals surface area contributed by atoms with Crippen LogP contribution in [0.15, 0.2) is 30.5 Å². The molecule has 8 nitrogen and oxygen atoms in total. The number of aryl methyl sites for hydroxylation is 1. The van der Waals surface area contributed by atoms with Gasteiger partial charge in [0.2, 0.25) is 0 Å². The number of amides is 1. The summed E-state index contributed by atoms with van der Waals surface area (Å²) in [5.41, 5.74) is 3.01. The van der Waals surface area contributed by atoms with E-state index in [-0.39, 0.29) is 5.69 Å². The minimum Gasteiger partial charge on any atom is -0.480 e. The number of anilines is 1. The number of hydrogen-bond donors (Lipinski definition) is 2. The van der Waals surface area contributed by atoms with E-state index in [2.05, 4.69) is 15.5 Å². The molecule has 1 atom stereocenters. The van der Waals surface area contributed by atoms with Gasteiger partial charge < -0.3 is 10.4 Å². The number of halogens is 2. The predicted octanol–water partition coefficient (Wildman–Crippen LogP) is 3.95. The van der Waals surface area contributed by atoms with E-state index in [9.17, 15) is 14.7 Å². The van der Waals surface area contributed by atoms with E-state index in [0.717, 1.165) is 11.3 Å². The van der Waals surface area contributed by atoms with Gasteiger partial charge in [0.25, 0.3) is 5.91 Å². The number of carbonyl (C=O) groups excluding carboxylic acids is 1. The maximum absolute atomic E-state index is 12.7. The molecule has 0 aliphatic rings. The predicted molar refractivity (Wildman–Crippen MR) is 110 cm³/mol. The highest BCUT2D eigenvalue weighted by Gasteiger charge is 2.23. The van der Waals surface area contributed by atoms with Crippen LogP contribution in [0.25, 0.3) is 0 Å². The molecule has 0 saturated carbocycles. The second kappa shape index (κ2) is 8.26. The van der Waals surface area contributed by atoms with Crippen LogP contribution in [0.5, 0.6) is 0 Å². The van der Waals surface area contributed by atoms with Gasteiger partial charge in [-0.1, -0.05) is 29.3 Å². The van der Waals surface area contributed by atoms with Gasteiger partial charge in [0.15, 0.2) is 0 Å². The maximum atomic E-state index is 12.7. The van der Waals surface area contributed by atoms with Crippen LogP contribution in [-0.2, 0) is 11.3 Å². The van der Waals surface area contributed by atoms with Crippen molar-refractivity contribution in [3.8, 4) is 0 Å². The number of aliphatic carboxylic acids is 1. The Morgan fingerprint density at radius 3 is 2.59 bits per heavy atom. The van der Waals surface area contributed by atoms with E-state index in [1.165, 1.54) is 23.9 Å². The molecule has 1 amide bonds. The third kappa shape index (κ3) is 4.28. The van der Waals surface area contributed by atoms with Crippen molar-refractivity contribution in [1.29, 1.82) is 0 Å². The van der Waals surface area contributed by atoms with Gasteiger partial charge in [-0.25, -0.2) is 9.48 Å². The number of carbonyl (C=O) groups is 2. The lowest BCUT2D eigenvalue weighted by Gasteiger charge is -2.12. The van der Waals surface area contributed by atoms with Crippen molar-refractivity contribution in [3.63, 3.8) is 0 Å². The molecule has 0 aliphatic heterocycles. The van der Waals surface area contributed by atoms with Gasteiger partial charge in [0.1, 0.15) is 11.7 Å². The Labute approximate surface area is 177 Å². The zero-order valence-electron chi connectivity index (χ0n) is 16.0. The van der Waals surface area contributed by atoms with Gasteiger partial charge in [-0.3, -0.25) is 9.48 Å². The minimum atomic E-state index is -1.08. The van der Waals surface area contributed by atoms with Crippen molar-refractivity contribution in [2.75, 3.05) is 5.32 Å². The van der Waals surface area contributed by atoms with Gasteiger partial charge in [0, 0.05) is 6.20 Å². The normalized spacial score (nSPS) is 12.0. The molecule has 29 heavy (non-hydrogen) atoms. The molecular formula is C19H19Cl2N5O3. The molecule has 0 saturated heterocycles. The van der Waals surface area contributed by atoms with Crippen LogP contribution in [0.4, 0.5) is 5.69 Å². The second-order valence-electron chi connectivity index (χ2n) is 6.58. The molecule has 2 aromatic heterocycles. The Hall–Kier alpha value is -2.84. The van der Waals surface area contributed by atoms with Crippen LogP contribution in [0.1, 0.15) is 40.4 Å². The average Bonchev–Trinajstić information content (AvgIpc) is 3.25. The summed E-state index contributed by atoms with van der Waals surface area (Å²) in [6.07, 6.45) is 1.39. The first-order valence-electron chi connectivity index (χ1n) is 8.74. The standard InChI is InChI=1S/C19H19Cl2N5O3/c1-10-17(23-18(27)16-6-7-22-26(16)12(3)19(28)29)11(2)25(24-10)9-13-4-5-14(20)15(21)8-13/h4-8,12H,9H2,1-3H3,(H,23,27)(H,28,29). The fraction of sp³-hybridized carbons (Fsp3) is 0.263. The number of carboxylic acid groups (broad SMARTS) is 1. The zero-order chi connectivity index (χ0) is 21.3. The Bertz CT molecular complexity index is 1090. The summed E-state index contributed by atoms with van der Waals surface area (Å²) >= 11 is 12.0. The van der Waals surface area contributed by atoms with Crippen molar-refractivity contribution in [2.24, 2.45) is 0 Å². The molecular weight excluding hydrogens is 417 g/mol. The van der Waals surface area contributed by atoms with E-state index in [1.54, 1.807) is 23.7 Å². The monoisotopic (exact) mass is 435 g/mol. The fourth-order valence-corrected chi connectivity index (χ4v) is 3.25. The highest BCUT2D eigenvalue weighted by Crippen LogP contribution is 2.25. The number of rotatable bonds is 6. The van der Waals surface area contributed by atoms with Crippen molar-refractivity contribution < 1.29 is 14.7 Å².